The van der Waals surface area contributed by atoms with Crippen LogP contribution < -0.4 is 5.09 Å². The van der Waals surface area contributed by atoms with E-state index in [2.05, 4.69) is 0 Å². The fourth-order valence-corrected chi connectivity index (χ4v) is 3.18. The van der Waals surface area contributed by atoms with Gasteiger partial charge in [-0.1, -0.05) is 19.1 Å². The Kier molecular flexibility index (Phi) is 5.51. The second-order valence-corrected chi connectivity index (χ2v) is 6.79. The Balaban J connectivity index is 2.44. The standard InChI is InChI=1S/C16H20NO6P/c1-2-13(10-4-3-5-11(18)8-10)16(20)14-9-12(19)6-7-15(14)17-24(21,22)23/h3-9,13,16,18-20H,2H2,1H3,(H3,17,21,22,23). The monoisotopic (exact) mass is 353 g/mol. The molecule has 0 spiro atoms. The van der Waals surface area contributed by atoms with Gasteiger partial charge in [-0.15, -0.1) is 0 Å². The van der Waals surface area contributed by atoms with Crippen molar-refractivity contribution in [1.82, 2.24) is 0 Å². The van der Waals surface area contributed by atoms with E-state index in [4.69, 9.17) is 9.79 Å². The highest BCUT2D eigenvalue weighted by Gasteiger charge is 2.26. The lowest BCUT2D eigenvalue weighted by Gasteiger charge is -2.25. The van der Waals surface area contributed by atoms with Crippen LogP contribution in [-0.2, 0) is 4.57 Å². The van der Waals surface area contributed by atoms with Crippen LogP contribution in [0.3, 0.4) is 0 Å². The van der Waals surface area contributed by atoms with Gasteiger partial charge in [0.25, 0.3) is 0 Å². The zero-order chi connectivity index (χ0) is 17.9. The van der Waals surface area contributed by atoms with Gasteiger partial charge in [0, 0.05) is 17.2 Å². The number of hydrogen-bond donors (Lipinski definition) is 6. The van der Waals surface area contributed by atoms with Gasteiger partial charge < -0.3 is 25.1 Å². The SMILES string of the molecule is CCC(c1cccc(O)c1)C(O)c1cc(O)ccc1NP(=O)(O)O. The van der Waals surface area contributed by atoms with Crippen molar-refractivity contribution >= 4 is 13.4 Å². The van der Waals surface area contributed by atoms with Crippen LogP contribution >= 0.6 is 7.75 Å². The number of nitrogens with one attached hydrogen (secondary N) is 1. The molecular weight excluding hydrogens is 333 g/mol. The van der Waals surface area contributed by atoms with E-state index in [1.165, 1.54) is 30.3 Å². The molecule has 2 aromatic carbocycles. The van der Waals surface area contributed by atoms with Gasteiger partial charge in [-0.25, -0.2) is 4.57 Å². The van der Waals surface area contributed by atoms with Gasteiger partial charge in [0.2, 0.25) is 0 Å². The molecule has 0 heterocycles. The fraction of sp³-hybridized carbons (Fsp3) is 0.250. The smallest absolute Gasteiger partial charge is 0.427 e. The van der Waals surface area contributed by atoms with Gasteiger partial charge in [-0.2, -0.15) is 0 Å². The second kappa shape index (κ2) is 7.23. The lowest BCUT2D eigenvalue weighted by molar-refractivity contribution is 0.143. The number of rotatable bonds is 6. The summed E-state index contributed by atoms with van der Waals surface area (Å²) in [5.41, 5.74) is 0.872. The third-order valence-electron chi connectivity index (χ3n) is 3.74. The van der Waals surface area contributed by atoms with Crippen molar-refractivity contribution < 1.29 is 29.7 Å². The van der Waals surface area contributed by atoms with Crippen molar-refractivity contribution in [2.24, 2.45) is 0 Å². The molecule has 0 amide bonds. The largest absolute Gasteiger partial charge is 0.508 e. The first-order valence-corrected chi connectivity index (χ1v) is 8.96. The van der Waals surface area contributed by atoms with E-state index >= 15 is 0 Å². The van der Waals surface area contributed by atoms with Crippen LogP contribution in [0.15, 0.2) is 42.5 Å². The third-order valence-corrected chi connectivity index (χ3v) is 4.27. The summed E-state index contributed by atoms with van der Waals surface area (Å²) in [5, 5.41) is 32.1. The van der Waals surface area contributed by atoms with Crippen molar-refractivity contribution in [3.8, 4) is 11.5 Å². The summed E-state index contributed by atoms with van der Waals surface area (Å²) in [6.07, 6.45) is -0.631. The molecule has 2 rings (SSSR count). The quantitative estimate of drug-likeness (QED) is 0.348. The van der Waals surface area contributed by atoms with Gasteiger partial charge >= 0.3 is 7.75 Å². The maximum Gasteiger partial charge on any atom is 0.427 e. The maximum atomic E-state index is 11.2. The molecule has 0 radical (unpaired) electrons. The summed E-state index contributed by atoms with van der Waals surface area (Å²) in [5.74, 6) is -0.509. The van der Waals surface area contributed by atoms with Crippen LogP contribution in [0.5, 0.6) is 11.5 Å². The van der Waals surface area contributed by atoms with E-state index in [-0.39, 0.29) is 22.7 Å². The summed E-state index contributed by atoms with van der Waals surface area (Å²) in [6, 6.07) is 10.3. The first-order valence-electron chi connectivity index (χ1n) is 7.35. The highest BCUT2D eigenvalue weighted by molar-refractivity contribution is 7.53. The Hall–Kier alpha value is -2.05. The lowest BCUT2D eigenvalue weighted by Crippen LogP contribution is -2.12. The van der Waals surface area contributed by atoms with Crippen molar-refractivity contribution in [2.45, 2.75) is 25.4 Å². The molecular formula is C16H20NO6P. The molecule has 0 aliphatic rings. The fourth-order valence-electron chi connectivity index (χ4n) is 2.67. The average molecular weight is 353 g/mol. The Morgan fingerprint density at radius 1 is 1.08 bits per heavy atom. The minimum absolute atomic E-state index is 0.0345. The summed E-state index contributed by atoms with van der Waals surface area (Å²) in [6.45, 7) is 1.84. The zero-order valence-corrected chi connectivity index (χ0v) is 13.9. The van der Waals surface area contributed by atoms with E-state index in [0.717, 1.165) is 0 Å². The normalized spacial score (nSPS) is 14.2. The average Bonchev–Trinajstić information content (AvgIpc) is 2.48. The van der Waals surface area contributed by atoms with Gasteiger partial charge in [-0.05, 0) is 42.3 Å². The molecule has 0 aliphatic carbocycles. The Labute approximate surface area is 139 Å². The molecule has 0 bridgehead atoms. The maximum absolute atomic E-state index is 11.2. The summed E-state index contributed by atoms with van der Waals surface area (Å²) >= 11 is 0. The summed E-state index contributed by atoms with van der Waals surface area (Å²) < 4.78 is 11.2. The van der Waals surface area contributed by atoms with E-state index in [9.17, 15) is 19.9 Å². The van der Waals surface area contributed by atoms with Crippen molar-refractivity contribution in [3.63, 3.8) is 0 Å². The van der Waals surface area contributed by atoms with Crippen LogP contribution in [0.25, 0.3) is 0 Å². The molecule has 0 fully saturated rings. The van der Waals surface area contributed by atoms with Crippen LogP contribution in [0, 0.1) is 0 Å². The predicted molar refractivity (Wildman–Crippen MR) is 89.9 cm³/mol. The number of hydrogen-bond acceptors (Lipinski definition) is 4. The first-order chi connectivity index (χ1) is 11.2. The van der Waals surface area contributed by atoms with Gasteiger partial charge in [0.05, 0.1) is 6.10 Å². The number of aromatic hydroxyl groups is 2. The lowest BCUT2D eigenvalue weighted by atomic mass is 9.86. The molecule has 0 aromatic heterocycles. The molecule has 8 heteroatoms. The molecule has 2 aromatic rings. The van der Waals surface area contributed by atoms with Crippen molar-refractivity contribution in [3.05, 3.63) is 53.6 Å². The van der Waals surface area contributed by atoms with E-state index in [1.54, 1.807) is 12.1 Å². The van der Waals surface area contributed by atoms with Crippen molar-refractivity contribution in [2.75, 3.05) is 5.09 Å². The van der Waals surface area contributed by atoms with Gasteiger partial charge in [0.15, 0.2) is 0 Å². The molecule has 7 nitrogen and oxygen atoms in total. The molecule has 6 N–H and O–H groups in total. The first kappa shape index (κ1) is 18.3. The number of benzene rings is 2. The highest BCUT2D eigenvalue weighted by atomic mass is 31.2. The predicted octanol–water partition coefficient (Wildman–Crippen LogP) is 2.83. The minimum atomic E-state index is -4.57. The Morgan fingerprint density at radius 2 is 1.75 bits per heavy atom. The number of aliphatic hydroxyl groups is 1. The van der Waals surface area contributed by atoms with E-state index < -0.39 is 19.8 Å². The van der Waals surface area contributed by atoms with Crippen LogP contribution in [-0.4, -0.2) is 25.1 Å². The minimum Gasteiger partial charge on any atom is -0.508 e. The van der Waals surface area contributed by atoms with Crippen molar-refractivity contribution in [1.29, 1.82) is 0 Å². The number of aliphatic hydroxyl groups excluding tert-OH is 1. The van der Waals surface area contributed by atoms with Crippen LogP contribution in [0.2, 0.25) is 0 Å². The Morgan fingerprint density at radius 3 is 2.33 bits per heavy atom. The van der Waals surface area contributed by atoms with Gasteiger partial charge in [0.1, 0.15) is 11.5 Å². The third kappa shape index (κ3) is 4.49. The van der Waals surface area contributed by atoms with E-state index in [0.29, 0.717) is 12.0 Å². The topological polar surface area (TPSA) is 130 Å². The Bertz CT molecular complexity index is 760. The van der Waals surface area contributed by atoms with E-state index in [1.807, 2.05) is 12.0 Å². The van der Waals surface area contributed by atoms with Crippen LogP contribution in [0.4, 0.5) is 5.69 Å². The molecule has 2 unspecified atom stereocenters. The molecule has 2 atom stereocenters. The molecule has 130 valence electrons. The molecule has 0 saturated heterocycles. The van der Waals surface area contributed by atoms with Gasteiger partial charge in [-0.3, -0.25) is 5.09 Å². The number of phenols is 2. The molecule has 0 aliphatic heterocycles. The van der Waals surface area contributed by atoms with Crippen LogP contribution in [0.1, 0.15) is 36.5 Å². The number of phenolic OH excluding ortho intramolecular Hbond substituents is 2. The highest BCUT2D eigenvalue weighted by Crippen LogP contribution is 2.43. The zero-order valence-electron chi connectivity index (χ0n) is 13.0. The summed E-state index contributed by atoms with van der Waals surface area (Å²) in [7, 11) is -4.57. The second-order valence-electron chi connectivity index (χ2n) is 5.48. The number of anilines is 1. The molecule has 0 saturated carbocycles. The molecule has 24 heavy (non-hydrogen) atoms. The summed E-state index contributed by atoms with van der Waals surface area (Å²) in [4.78, 5) is 18.2.